The van der Waals surface area contributed by atoms with Gasteiger partial charge in [0.2, 0.25) is 0 Å². The maximum Gasteiger partial charge on any atom is 0.419 e. The molecule has 0 fully saturated rings. The van der Waals surface area contributed by atoms with Gasteiger partial charge in [0.15, 0.2) is 0 Å². The predicted octanol–water partition coefficient (Wildman–Crippen LogP) is 3.33. The summed E-state index contributed by atoms with van der Waals surface area (Å²) in [6.45, 7) is 3.27. The number of rotatable bonds is 3. The molecule has 0 saturated carbocycles. The molecule has 0 amide bonds. The molecular formula is C11H8F4O2. The Morgan fingerprint density at radius 2 is 2.06 bits per heavy atom. The fourth-order valence-electron chi connectivity index (χ4n) is 1.08. The molecule has 1 aromatic carbocycles. The van der Waals surface area contributed by atoms with Gasteiger partial charge in [-0.1, -0.05) is 6.08 Å². The van der Waals surface area contributed by atoms with Gasteiger partial charge in [-0.05, 0) is 18.2 Å². The average molecular weight is 248 g/mol. The van der Waals surface area contributed by atoms with Gasteiger partial charge in [-0.25, -0.2) is 4.39 Å². The van der Waals surface area contributed by atoms with Crippen LogP contribution in [-0.4, -0.2) is 5.97 Å². The molecule has 0 atom stereocenters. The second-order valence-electron chi connectivity index (χ2n) is 3.11. The lowest BCUT2D eigenvalue weighted by atomic mass is 10.2. The van der Waals surface area contributed by atoms with Gasteiger partial charge in [0.1, 0.15) is 11.6 Å². The van der Waals surface area contributed by atoms with Crippen LogP contribution in [0, 0.1) is 5.82 Å². The normalized spacial score (nSPS) is 11.1. The molecule has 0 aliphatic rings. The molecule has 0 aliphatic carbocycles. The molecule has 0 saturated heterocycles. The lowest BCUT2D eigenvalue weighted by Crippen LogP contribution is -2.10. The van der Waals surface area contributed by atoms with Crippen LogP contribution in [0.1, 0.15) is 12.0 Å². The molecular weight excluding hydrogens is 240 g/mol. The van der Waals surface area contributed by atoms with Crippen LogP contribution in [0.3, 0.4) is 0 Å². The molecule has 1 rings (SSSR count). The Labute approximate surface area is 94.5 Å². The zero-order valence-electron chi connectivity index (χ0n) is 8.55. The molecule has 2 nitrogen and oxygen atoms in total. The van der Waals surface area contributed by atoms with E-state index in [9.17, 15) is 22.4 Å². The first-order valence-electron chi connectivity index (χ1n) is 4.53. The Kier molecular flexibility index (Phi) is 3.88. The molecule has 6 heteroatoms. The predicted molar refractivity (Wildman–Crippen MR) is 51.9 cm³/mol. The van der Waals surface area contributed by atoms with Gasteiger partial charge in [0.05, 0.1) is 12.0 Å². The standard InChI is InChI=1S/C11H8F4O2/c1-2-3-10(16)17-7-4-5-9(12)8(6-7)11(13,14)15/h2,4-6H,1,3H2. The van der Waals surface area contributed by atoms with Gasteiger partial charge >= 0.3 is 12.1 Å². The van der Waals surface area contributed by atoms with Crippen molar-refractivity contribution in [3.8, 4) is 5.75 Å². The topological polar surface area (TPSA) is 26.3 Å². The third kappa shape index (κ3) is 3.58. The molecule has 92 valence electrons. The zero-order valence-corrected chi connectivity index (χ0v) is 8.55. The summed E-state index contributed by atoms with van der Waals surface area (Å²) in [6, 6.07) is 1.99. The lowest BCUT2D eigenvalue weighted by molar-refractivity contribution is -0.141. The van der Waals surface area contributed by atoms with E-state index in [-0.39, 0.29) is 12.2 Å². The first-order chi connectivity index (χ1) is 7.84. The van der Waals surface area contributed by atoms with E-state index in [1.165, 1.54) is 6.08 Å². The Balaban J connectivity index is 2.97. The molecule has 1 aromatic rings. The van der Waals surface area contributed by atoms with Crippen LogP contribution in [-0.2, 0) is 11.0 Å². The number of carbonyl (C=O) groups is 1. The Morgan fingerprint density at radius 1 is 1.41 bits per heavy atom. The van der Waals surface area contributed by atoms with Gasteiger partial charge < -0.3 is 4.74 Å². The van der Waals surface area contributed by atoms with Crippen LogP contribution in [0.4, 0.5) is 17.6 Å². The molecule has 0 aromatic heterocycles. The van der Waals surface area contributed by atoms with Crippen LogP contribution in [0.15, 0.2) is 30.9 Å². The van der Waals surface area contributed by atoms with Gasteiger partial charge in [0, 0.05) is 0 Å². The van der Waals surface area contributed by atoms with E-state index in [1.807, 2.05) is 0 Å². The van der Waals surface area contributed by atoms with Crippen molar-refractivity contribution < 1.29 is 27.1 Å². The van der Waals surface area contributed by atoms with Crippen molar-refractivity contribution in [2.45, 2.75) is 12.6 Å². The number of alkyl halides is 3. The second-order valence-corrected chi connectivity index (χ2v) is 3.11. The van der Waals surface area contributed by atoms with Crippen molar-refractivity contribution in [2.24, 2.45) is 0 Å². The van der Waals surface area contributed by atoms with Gasteiger partial charge in [0.25, 0.3) is 0 Å². The third-order valence-corrected chi connectivity index (χ3v) is 1.79. The molecule has 0 bridgehead atoms. The summed E-state index contributed by atoms with van der Waals surface area (Å²) in [7, 11) is 0. The quantitative estimate of drug-likeness (QED) is 0.355. The minimum absolute atomic E-state index is 0.140. The van der Waals surface area contributed by atoms with E-state index in [4.69, 9.17) is 0 Å². The van der Waals surface area contributed by atoms with E-state index in [0.717, 1.165) is 6.07 Å². The summed E-state index contributed by atoms with van der Waals surface area (Å²) in [5.41, 5.74) is -1.47. The summed E-state index contributed by atoms with van der Waals surface area (Å²) in [5, 5.41) is 0. The number of hydrogen-bond acceptors (Lipinski definition) is 2. The summed E-state index contributed by atoms with van der Waals surface area (Å²) >= 11 is 0. The van der Waals surface area contributed by atoms with Crippen LogP contribution >= 0.6 is 0 Å². The van der Waals surface area contributed by atoms with Crippen molar-refractivity contribution in [1.29, 1.82) is 0 Å². The van der Waals surface area contributed by atoms with Crippen LogP contribution in [0.5, 0.6) is 5.75 Å². The van der Waals surface area contributed by atoms with E-state index in [0.29, 0.717) is 12.1 Å². The monoisotopic (exact) mass is 248 g/mol. The molecule has 0 aliphatic heterocycles. The van der Waals surface area contributed by atoms with Crippen molar-refractivity contribution in [2.75, 3.05) is 0 Å². The van der Waals surface area contributed by atoms with E-state index in [2.05, 4.69) is 11.3 Å². The maximum absolute atomic E-state index is 12.9. The number of hydrogen-bond donors (Lipinski definition) is 0. The first-order valence-corrected chi connectivity index (χ1v) is 4.53. The highest BCUT2D eigenvalue weighted by Crippen LogP contribution is 2.33. The second kappa shape index (κ2) is 4.99. The number of halogens is 4. The van der Waals surface area contributed by atoms with Gasteiger partial charge in [-0.2, -0.15) is 13.2 Å². The lowest BCUT2D eigenvalue weighted by Gasteiger charge is -2.09. The molecule has 0 heterocycles. The van der Waals surface area contributed by atoms with Gasteiger partial charge in [-0.15, -0.1) is 6.58 Å². The Morgan fingerprint density at radius 3 is 2.59 bits per heavy atom. The fourth-order valence-corrected chi connectivity index (χ4v) is 1.08. The van der Waals surface area contributed by atoms with E-state index in [1.54, 1.807) is 0 Å². The van der Waals surface area contributed by atoms with Crippen molar-refractivity contribution in [1.82, 2.24) is 0 Å². The molecule has 0 spiro atoms. The SMILES string of the molecule is C=CCC(=O)Oc1ccc(F)c(C(F)(F)F)c1. The largest absolute Gasteiger partial charge is 0.426 e. The number of carbonyl (C=O) groups excluding carboxylic acids is 1. The highest BCUT2D eigenvalue weighted by atomic mass is 19.4. The van der Waals surface area contributed by atoms with Crippen LogP contribution in [0.25, 0.3) is 0 Å². The fraction of sp³-hybridized carbons (Fsp3) is 0.182. The smallest absolute Gasteiger partial charge is 0.419 e. The van der Waals surface area contributed by atoms with Crippen molar-refractivity contribution >= 4 is 5.97 Å². The average Bonchev–Trinajstić information content (AvgIpc) is 2.19. The summed E-state index contributed by atoms with van der Waals surface area (Å²) < 4.78 is 54.4. The Bertz CT molecular complexity index is 438. The van der Waals surface area contributed by atoms with Gasteiger partial charge in [-0.3, -0.25) is 4.79 Å². The van der Waals surface area contributed by atoms with Crippen LogP contribution in [0.2, 0.25) is 0 Å². The van der Waals surface area contributed by atoms with E-state index >= 15 is 0 Å². The summed E-state index contributed by atoms with van der Waals surface area (Å²) in [6.07, 6.45) is -3.72. The molecule has 0 radical (unpaired) electrons. The van der Waals surface area contributed by atoms with Crippen molar-refractivity contribution in [3.63, 3.8) is 0 Å². The highest BCUT2D eigenvalue weighted by Gasteiger charge is 2.34. The van der Waals surface area contributed by atoms with Crippen LogP contribution < -0.4 is 4.74 Å². The van der Waals surface area contributed by atoms with Crippen molar-refractivity contribution in [3.05, 3.63) is 42.2 Å². The number of esters is 1. The molecule has 0 unspecified atom stereocenters. The molecule has 0 N–H and O–H groups in total. The number of ether oxygens (including phenoxy) is 1. The van der Waals surface area contributed by atoms with E-state index < -0.39 is 23.5 Å². The number of benzene rings is 1. The highest BCUT2D eigenvalue weighted by molar-refractivity contribution is 5.73. The maximum atomic E-state index is 12.9. The minimum atomic E-state index is -4.83. The Hall–Kier alpha value is -1.85. The third-order valence-electron chi connectivity index (χ3n) is 1.79. The first kappa shape index (κ1) is 13.2. The molecule has 17 heavy (non-hydrogen) atoms. The zero-order chi connectivity index (χ0) is 13.1. The summed E-state index contributed by atoms with van der Waals surface area (Å²) in [5.74, 6) is -2.54. The minimum Gasteiger partial charge on any atom is -0.426 e. The summed E-state index contributed by atoms with van der Waals surface area (Å²) in [4.78, 5) is 11.0.